The van der Waals surface area contributed by atoms with Gasteiger partial charge in [-0.15, -0.1) is 0 Å². The normalized spacial score (nSPS) is 46.4. The highest BCUT2D eigenvalue weighted by Crippen LogP contribution is 2.63. The van der Waals surface area contributed by atoms with Gasteiger partial charge in [-0.25, -0.2) is 0 Å². The molecule has 4 nitrogen and oxygen atoms in total. The van der Waals surface area contributed by atoms with E-state index in [1.807, 2.05) is 6.08 Å². The van der Waals surface area contributed by atoms with Crippen molar-refractivity contribution in [2.24, 2.45) is 23.2 Å². The Morgan fingerprint density at radius 3 is 2.72 bits per heavy atom. The van der Waals surface area contributed by atoms with E-state index in [-0.39, 0.29) is 35.1 Å². The lowest BCUT2D eigenvalue weighted by Crippen LogP contribution is -2.58. The van der Waals surface area contributed by atoms with Crippen LogP contribution in [0.4, 0.5) is 0 Å². The fourth-order valence-electron chi connectivity index (χ4n) is 6.70. The van der Waals surface area contributed by atoms with Gasteiger partial charge in [-0.3, -0.25) is 9.59 Å². The van der Waals surface area contributed by atoms with Crippen molar-refractivity contribution in [3.8, 4) is 0 Å². The van der Waals surface area contributed by atoms with Crippen LogP contribution in [0.3, 0.4) is 0 Å². The average Bonchev–Trinajstić information content (AvgIpc) is 2.74. The summed E-state index contributed by atoms with van der Waals surface area (Å²) in [4.78, 5) is 23.5. The van der Waals surface area contributed by atoms with Crippen LogP contribution in [0.1, 0.15) is 71.6 Å². The molecule has 5 unspecified atom stereocenters. The van der Waals surface area contributed by atoms with E-state index in [2.05, 4.69) is 6.92 Å². The molecule has 0 aromatic heterocycles. The summed E-state index contributed by atoms with van der Waals surface area (Å²) in [5, 5.41) is 11.8. The van der Waals surface area contributed by atoms with Crippen molar-refractivity contribution < 1.29 is 19.4 Å². The highest BCUT2D eigenvalue weighted by molar-refractivity contribution is 5.90. The lowest BCUT2D eigenvalue weighted by atomic mass is 9.50. The zero-order valence-electron chi connectivity index (χ0n) is 15.4. The number of hydrogen-bond donors (Lipinski definition) is 1. The predicted molar refractivity (Wildman–Crippen MR) is 93.7 cm³/mol. The quantitative estimate of drug-likeness (QED) is 0.737. The number of hydrogen-bond acceptors (Lipinski definition) is 4. The van der Waals surface area contributed by atoms with Crippen molar-refractivity contribution in [3.63, 3.8) is 0 Å². The SMILES string of the molecule is CC(=O)OC1CCC2C3CCC4=CC(=O)CCCC4[C@@]3(O)CCC12C. The molecule has 25 heavy (non-hydrogen) atoms. The molecular weight excluding hydrogens is 316 g/mol. The fraction of sp³-hybridized carbons (Fsp3) is 0.810. The Morgan fingerprint density at radius 1 is 1.16 bits per heavy atom. The number of allylic oxidation sites excluding steroid dienone is 1. The summed E-state index contributed by atoms with van der Waals surface area (Å²) >= 11 is 0. The first kappa shape index (κ1) is 17.3. The Balaban J connectivity index is 1.64. The van der Waals surface area contributed by atoms with Crippen LogP contribution in [-0.2, 0) is 14.3 Å². The van der Waals surface area contributed by atoms with Crippen LogP contribution in [0, 0.1) is 23.2 Å². The molecule has 0 bridgehead atoms. The molecule has 0 aliphatic heterocycles. The fourth-order valence-corrected chi connectivity index (χ4v) is 6.70. The van der Waals surface area contributed by atoms with Gasteiger partial charge in [0.25, 0.3) is 0 Å². The number of esters is 1. The van der Waals surface area contributed by atoms with Crippen LogP contribution in [0.15, 0.2) is 11.6 Å². The number of ether oxygens (including phenoxy) is 1. The molecule has 3 fully saturated rings. The van der Waals surface area contributed by atoms with E-state index < -0.39 is 5.60 Å². The molecule has 4 aliphatic rings. The maximum Gasteiger partial charge on any atom is 0.302 e. The van der Waals surface area contributed by atoms with Crippen LogP contribution in [0.5, 0.6) is 0 Å². The Kier molecular flexibility index (Phi) is 4.10. The summed E-state index contributed by atoms with van der Waals surface area (Å²) in [5.74, 6) is 0.869. The number of aliphatic hydroxyl groups is 1. The van der Waals surface area contributed by atoms with Crippen LogP contribution < -0.4 is 0 Å². The van der Waals surface area contributed by atoms with Crippen LogP contribution in [-0.4, -0.2) is 28.6 Å². The minimum Gasteiger partial charge on any atom is -0.462 e. The third kappa shape index (κ3) is 2.59. The second kappa shape index (κ2) is 5.94. The van der Waals surface area contributed by atoms with Gasteiger partial charge in [0.05, 0.1) is 5.60 Å². The highest BCUT2D eigenvalue weighted by atomic mass is 16.5. The van der Waals surface area contributed by atoms with Crippen molar-refractivity contribution in [2.75, 3.05) is 0 Å². The molecule has 0 spiro atoms. The Hall–Kier alpha value is -1.16. The van der Waals surface area contributed by atoms with Gasteiger partial charge in [-0.05, 0) is 69.3 Å². The summed E-state index contributed by atoms with van der Waals surface area (Å²) in [6, 6.07) is 0. The molecule has 0 aromatic carbocycles. The standard InChI is InChI=1S/C21H30O4/c1-13(22)25-19-9-8-17-18-7-6-14-12-15(23)4-3-5-16(14)21(18,24)11-10-20(17,19)2/h12,16-19,24H,3-11H2,1-2H3/t16?,17?,18?,19?,20?,21-/m0/s1. The van der Waals surface area contributed by atoms with Gasteiger partial charge in [0.2, 0.25) is 0 Å². The van der Waals surface area contributed by atoms with E-state index in [4.69, 9.17) is 4.74 Å². The minimum atomic E-state index is -0.677. The van der Waals surface area contributed by atoms with Gasteiger partial charge in [-0.2, -0.15) is 0 Å². The average molecular weight is 346 g/mol. The van der Waals surface area contributed by atoms with E-state index in [0.29, 0.717) is 12.3 Å². The Labute approximate surface area is 150 Å². The lowest BCUT2D eigenvalue weighted by molar-refractivity contribution is -0.177. The molecule has 0 heterocycles. The second-order valence-electron chi connectivity index (χ2n) is 9.05. The monoisotopic (exact) mass is 346 g/mol. The van der Waals surface area contributed by atoms with E-state index >= 15 is 0 Å². The van der Waals surface area contributed by atoms with Gasteiger partial charge < -0.3 is 9.84 Å². The largest absolute Gasteiger partial charge is 0.462 e. The van der Waals surface area contributed by atoms with E-state index in [1.165, 1.54) is 12.5 Å². The van der Waals surface area contributed by atoms with Crippen molar-refractivity contribution in [1.82, 2.24) is 0 Å². The third-order valence-electron chi connectivity index (χ3n) is 7.88. The van der Waals surface area contributed by atoms with Crippen molar-refractivity contribution in [1.29, 1.82) is 0 Å². The first-order valence-corrected chi connectivity index (χ1v) is 9.97. The maximum absolute atomic E-state index is 12.0. The number of rotatable bonds is 1. The first-order valence-electron chi connectivity index (χ1n) is 9.97. The van der Waals surface area contributed by atoms with Crippen LogP contribution in [0.2, 0.25) is 0 Å². The number of fused-ring (bicyclic) bond motifs is 5. The summed E-state index contributed by atoms with van der Waals surface area (Å²) in [6.07, 6.45) is 9.79. The van der Waals surface area contributed by atoms with Crippen molar-refractivity contribution >= 4 is 11.8 Å². The minimum absolute atomic E-state index is 0.00722. The molecule has 0 radical (unpaired) electrons. The number of ketones is 1. The maximum atomic E-state index is 12.0. The summed E-state index contributed by atoms with van der Waals surface area (Å²) in [7, 11) is 0. The Morgan fingerprint density at radius 2 is 1.96 bits per heavy atom. The molecule has 4 rings (SSSR count). The molecule has 4 aliphatic carbocycles. The summed E-state index contributed by atoms with van der Waals surface area (Å²) in [6.45, 7) is 3.76. The predicted octanol–water partition coefficient (Wildman–Crippen LogP) is 3.56. The van der Waals surface area contributed by atoms with E-state index in [0.717, 1.165) is 51.4 Å². The highest BCUT2D eigenvalue weighted by Gasteiger charge is 2.62. The van der Waals surface area contributed by atoms with Crippen LogP contribution >= 0.6 is 0 Å². The van der Waals surface area contributed by atoms with Gasteiger partial charge in [-0.1, -0.05) is 12.5 Å². The third-order valence-corrected chi connectivity index (χ3v) is 7.88. The Bertz CT molecular complexity index is 623. The smallest absolute Gasteiger partial charge is 0.302 e. The molecule has 4 heteroatoms. The molecule has 138 valence electrons. The molecule has 1 N–H and O–H groups in total. The van der Waals surface area contributed by atoms with E-state index in [1.54, 1.807) is 0 Å². The molecule has 6 atom stereocenters. The zero-order chi connectivity index (χ0) is 17.8. The van der Waals surface area contributed by atoms with Gasteiger partial charge >= 0.3 is 5.97 Å². The van der Waals surface area contributed by atoms with Crippen molar-refractivity contribution in [3.05, 3.63) is 11.6 Å². The van der Waals surface area contributed by atoms with Crippen molar-refractivity contribution in [2.45, 2.75) is 83.3 Å². The van der Waals surface area contributed by atoms with Gasteiger partial charge in [0.1, 0.15) is 6.10 Å². The van der Waals surface area contributed by atoms with Gasteiger partial charge in [0.15, 0.2) is 5.78 Å². The lowest BCUT2D eigenvalue weighted by Gasteiger charge is -2.57. The van der Waals surface area contributed by atoms with Gasteiger partial charge in [0, 0.05) is 24.7 Å². The zero-order valence-corrected chi connectivity index (χ0v) is 15.4. The summed E-state index contributed by atoms with van der Waals surface area (Å²) < 4.78 is 5.66. The number of carbonyl (C=O) groups is 2. The molecule has 0 aromatic rings. The first-order chi connectivity index (χ1) is 11.8. The molecular formula is C21H30O4. The number of carbonyl (C=O) groups excluding carboxylic acids is 2. The second-order valence-corrected chi connectivity index (χ2v) is 9.05. The molecule has 0 saturated heterocycles. The topological polar surface area (TPSA) is 63.6 Å². The summed E-state index contributed by atoms with van der Waals surface area (Å²) in [5.41, 5.74) is 0.508. The molecule has 3 saturated carbocycles. The molecule has 0 amide bonds. The van der Waals surface area contributed by atoms with Crippen LogP contribution in [0.25, 0.3) is 0 Å². The van der Waals surface area contributed by atoms with E-state index in [9.17, 15) is 14.7 Å².